The van der Waals surface area contributed by atoms with Crippen LogP contribution >= 0.6 is 0 Å². The lowest BCUT2D eigenvalue weighted by molar-refractivity contribution is 0.414. The predicted molar refractivity (Wildman–Crippen MR) is 141 cm³/mol. The summed E-state index contributed by atoms with van der Waals surface area (Å²) >= 11 is 0. The van der Waals surface area contributed by atoms with Crippen LogP contribution in [0.15, 0.2) is 72.8 Å². The van der Waals surface area contributed by atoms with Gasteiger partial charge in [-0.25, -0.2) is 0 Å². The van der Waals surface area contributed by atoms with E-state index in [9.17, 15) is 0 Å². The summed E-state index contributed by atoms with van der Waals surface area (Å²) in [6.45, 7) is 7.19. The number of hydrogen-bond donors (Lipinski definition) is 0. The van der Waals surface area contributed by atoms with E-state index in [4.69, 9.17) is 14.2 Å². The minimum Gasteiger partial charge on any atom is -0.497 e. The number of hydrogen-bond acceptors (Lipinski definition) is 3. The third-order valence-electron chi connectivity index (χ3n) is 7.53. The maximum atomic E-state index is 5.48. The molecule has 1 atom stereocenters. The third kappa shape index (κ3) is 5.27. The van der Waals surface area contributed by atoms with Crippen molar-refractivity contribution in [2.75, 3.05) is 21.3 Å². The number of benzene rings is 3. The minimum atomic E-state index is -1.69. The molecule has 3 aromatic rings. The second-order valence-electron chi connectivity index (χ2n) is 8.70. The summed E-state index contributed by atoms with van der Waals surface area (Å²) in [5, 5.41) is 0. The standard InChI is InChI=1S/C29H38O3Si/c1-7-33(8-2,9-3)29(24-14-20-27(32-6)21-15-24)28(22-10-16-25(30-4)17-11-22)23-12-18-26(31-5)19-13-23/h10-21,28-29H,7-9H2,1-6H3. The van der Waals surface area contributed by atoms with Crippen molar-refractivity contribution in [1.82, 2.24) is 0 Å². The Balaban J connectivity index is 2.26. The SMILES string of the molecule is CC[Si](CC)(CC)C(c1ccc(OC)cc1)C(c1ccc(OC)cc1)c1ccc(OC)cc1. The minimum absolute atomic E-state index is 0.252. The maximum Gasteiger partial charge on any atom is 0.118 e. The van der Waals surface area contributed by atoms with Crippen molar-refractivity contribution in [3.8, 4) is 17.2 Å². The summed E-state index contributed by atoms with van der Waals surface area (Å²) in [4.78, 5) is 0. The van der Waals surface area contributed by atoms with Crippen molar-refractivity contribution in [3.63, 3.8) is 0 Å². The highest BCUT2D eigenvalue weighted by Crippen LogP contribution is 2.49. The second-order valence-corrected chi connectivity index (χ2v) is 14.2. The van der Waals surface area contributed by atoms with Crippen LogP contribution in [-0.4, -0.2) is 29.4 Å². The summed E-state index contributed by atoms with van der Waals surface area (Å²) in [5.74, 6) is 2.93. The van der Waals surface area contributed by atoms with Gasteiger partial charge in [0.25, 0.3) is 0 Å². The fraction of sp³-hybridized carbons (Fsp3) is 0.379. The van der Waals surface area contributed by atoms with Crippen molar-refractivity contribution in [2.24, 2.45) is 0 Å². The molecule has 3 nitrogen and oxygen atoms in total. The third-order valence-corrected chi connectivity index (χ3v) is 13.7. The number of ether oxygens (including phenoxy) is 3. The number of methoxy groups -OCH3 is 3. The van der Waals surface area contributed by atoms with Gasteiger partial charge in [0.15, 0.2) is 0 Å². The van der Waals surface area contributed by atoms with E-state index in [0.29, 0.717) is 5.54 Å². The maximum absolute atomic E-state index is 5.48. The zero-order valence-corrected chi connectivity index (χ0v) is 21.9. The summed E-state index contributed by atoms with van der Waals surface area (Å²) in [5.41, 5.74) is 4.50. The van der Waals surface area contributed by atoms with Crippen molar-refractivity contribution in [1.29, 1.82) is 0 Å². The quantitative estimate of drug-likeness (QED) is 0.274. The van der Waals surface area contributed by atoms with Crippen LogP contribution in [0.25, 0.3) is 0 Å². The zero-order chi connectivity index (χ0) is 23.8. The van der Waals surface area contributed by atoms with Crippen LogP contribution in [-0.2, 0) is 0 Å². The molecule has 0 saturated heterocycles. The molecule has 0 aliphatic carbocycles. The van der Waals surface area contributed by atoms with Crippen LogP contribution in [0.4, 0.5) is 0 Å². The average molecular weight is 463 g/mol. The van der Waals surface area contributed by atoms with Gasteiger partial charge in [-0.1, -0.05) is 75.3 Å². The summed E-state index contributed by atoms with van der Waals surface area (Å²) < 4.78 is 16.4. The molecule has 0 heterocycles. The van der Waals surface area contributed by atoms with E-state index in [1.165, 1.54) is 34.8 Å². The lowest BCUT2D eigenvalue weighted by Gasteiger charge is -2.43. The molecule has 0 aliphatic heterocycles. The molecule has 4 heteroatoms. The van der Waals surface area contributed by atoms with Crippen molar-refractivity contribution >= 4 is 8.07 Å². The molecule has 0 radical (unpaired) electrons. The molecule has 0 saturated carbocycles. The predicted octanol–water partition coefficient (Wildman–Crippen LogP) is 7.68. The van der Waals surface area contributed by atoms with Crippen LogP contribution < -0.4 is 14.2 Å². The lowest BCUT2D eigenvalue weighted by Crippen LogP contribution is -2.43. The van der Waals surface area contributed by atoms with E-state index in [1.807, 2.05) is 0 Å². The highest BCUT2D eigenvalue weighted by Gasteiger charge is 2.43. The first-order valence-electron chi connectivity index (χ1n) is 12.0. The van der Waals surface area contributed by atoms with Crippen molar-refractivity contribution in [2.45, 2.75) is 50.4 Å². The molecule has 0 N–H and O–H groups in total. The van der Waals surface area contributed by atoms with Crippen LogP contribution in [0.2, 0.25) is 18.1 Å². The number of rotatable bonds is 11. The van der Waals surface area contributed by atoms with Crippen LogP contribution in [0, 0.1) is 0 Å². The van der Waals surface area contributed by atoms with Gasteiger partial charge in [0, 0.05) is 5.92 Å². The fourth-order valence-electron chi connectivity index (χ4n) is 5.32. The molecule has 3 rings (SSSR count). The highest BCUT2D eigenvalue weighted by atomic mass is 28.3. The molecule has 33 heavy (non-hydrogen) atoms. The average Bonchev–Trinajstić information content (AvgIpc) is 2.90. The van der Waals surface area contributed by atoms with Gasteiger partial charge in [-0.2, -0.15) is 0 Å². The molecule has 3 aromatic carbocycles. The first kappa shape index (κ1) is 24.9. The molecular weight excluding hydrogens is 424 g/mol. The summed E-state index contributed by atoms with van der Waals surface area (Å²) in [6, 6.07) is 29.9. The molecule has 0 aromatic heterocycles. The van der Waals surface area contributed by atoms with E-state index in [-0.39, 0.29) is 5.92 Å². The van der Waals surface area contributed by atoms with Gasteiger partial charge in [0.2, 0.25) is 0 Å². The Hall–Kier alpha value is -2.72. The summed E-state index contributed by atoms with van der Waals surface area (Å²) in [6.07, 6.45) is 0. The van der Waals surface area contributed by atoms with Crippen LogP contribution in [0.1, 0.15) is 48.9 Å². The summed E-state index contributed by atoms with van der Waals surface area (Å²) in [7, 11) is 3.48. The molecule has 0 fully saturated rings. The Morgan fingerprint density at radius 2 is 0.818 bits per heavy atom. The Morgan fingerprint density at radius 1 is 0.515 bits per heavy atom. The van der Waals surface area contributed by atoms with Gasteiger partial charge in [-0.3, -0.25) is 0 Å². The Morgan fingerprint density at radius 3 is 1.09 bits per heavy atom. The van der Waals surface area contributed by atoms with Gasteiger partial charge in [0.05, 0.1) is 29.4 Å². The molecule has 0 bridgehead atoms. The Kier molecular flexibility index (Phi) is 8.62. The zero-order valence-electron chi connectivity index (χ0n) is 20.9. The second kappa shape index (κ2) is 11.4. The highest BCUT2D eigenvalue weighted by molar-refractivity contribution is 6.81. The molecule has 176 valence electrons. The largest absolute Gasteiger partial charge is 0.497 e. The van der Waals surface area contributed by atoms with Gasteiger partial charge >= 0.3 is 0 Å². The van der Waals surface area contributed by atoms with Gasteiger partial charge in [0.1, 0.15) is 17.2 Å². The van der Waals surface area contributed by atoms with Crippen LogP contribution in [0.5, 0.6) is 17.2 Å². The van der Waals surface area contributed by atoms with Gasteiger partial charge in [-0.05, 0) is 58.6 Å². The van der Waals surface area contributed by atoms with Gasteiger partial charge in [-0.15, -0.1) is 0 Å². The normalized spacial score (nSPS) is 12.5. The Bertz CT molecular complexity index is 921. The topological polar surface area (TPSA) is 27.7 Å². The molecule has 0 aliphatic rings. The Labute approximate surface area is 200 Å². The van der Waals surface area contributed by atoms with E-state index < -0.39 is 8.07 Å². The van der Waals surface area contributed by atoms with Gasteiger partial charge < -0.3 is 14.2 Å². The monoisotopic (exact) mass is 462 g/mol. The van der Waals surface area contributed by atoms with E-state index >= 15 is 0 Å². The van der Waals surface area contributed by atoms with Crippen molar-refractivity contribution in [3.05, 3.63) is 89.5 Å². The fourth-order valence-corrected chi connectivity index (χ4v) is 10.1. The first-order valence-corrected chi connectivity index (χ1v) is 14.7. The van der Waals surface area contributed by atoms with E-state index in [1.54, 1.807) is 21.3 Å². The molecular formula is C29H38O3Si. The molecule has 0 amide bonds. The van der Waals surface area contributed by atoms with Crippen molar-refractivity contribution < 1.29 is 14.2 Å². The smallest absolute Gasteiger partial charge is 0.118 e. The molecule has 1 unspecified atom stereocenters. The van der Waals surface area contributed by atoms with E-state index in [2.05, 4.69) is 93.6 Å². The van der Waals surface area contributed by atoms with E-state index in [0.717, 1.165) is 17.2 Å². The molecule has 0 spiro atoms. The lowest BCUT2D eigenvalue weighted by atomic mass is 9.85. The first-order chi connectivity index (χ1) is 16.0. The van der Waals surface area contributed by atoms with Crippen LogP contribution in [0.3, 0.4) is 0 Å².